The van der Waals surface area contributed by atoms with Crippen molar-refractivity contribution in [3.63, 3.8) is 0 Å². The third-order valence-corrected chi connectivity index (χ3v) is 1.89. The van der Waals surface area contributed by atoms with Gasteiger partial charge in [0.1, 0.15) is 5.75 Å². The highest BCUT2D eigenvalue weighted by molar-refractivity contribution is 5.20. The fourth-order valence-corrected chi connectivity index (χ4v) is 1.25. The third kappa shape index (κ3) is 3.79. The molecule has 1 unspecified atom stereocenters. The van der Waals surface area contributed by atoms with E-state index in [-0.39, 0.29) is 6.29 Å². The molecule has 1 aromatic carbocycles. The van der Waals surface area contributed by atoms with Crippen molar-refractivity contribution in [3.05, 3.63) is 30.3 Å². The van der Waals surface area contributed by atoms with Crippen LogP contribution in [0.15, 0.2) is 30.3 Å². The maximum atomic E-state index is 5.67. The molecule has 0 aliphatic heterocycles. The van der Waals surface area contributed by atoms with Crippen molar-refractivity contribution in [2.45, 2.75) is 33.0 Å². The summed E-state index contributed by atoms with van der Waals surface area (Å²) in [6.07, 6.45) is 1.90. The Morgan fingerprint density at radius 3 is 2.43 bits per heavy atom. The average molecular weight is 194 g/mol. The summed E-state index contributed by atoms with van der Waals surface area (Å²) < 4.78 is 11.1. The molecule has 0 aliphatic carbocycles. The van der Waals surface area contributed by atoms with Gasteiger partial charge in [-0.05, 0) is 19.1 Å². The molecule has 0 aromatic heterocycles. The predicted molar refractivity (Wildman–Crippen MR) is 57.4 cm³/mol. The lowest BCUT2D eigenvalue weighted by Gasteiger charge is -2.17. The highest BCUT2D eigenvalue weighted by Crippen LogP contribution is 2.13. The zero-order valence-electron chi connectivity index (χ0n) is 8.90. The molecule has 0 fully saturated rings. The molecule has 0 spiro atoms. The molecule has 1 rings (SSSR count). The molecule has 0 amide bonds. The van der Waals surface area contributed by atoms with E-state index in [2.05, 4.69) is 6.92 Å². The molecule has 0 bridgehead atoms. The fraction of sp³-hybridized carbons (Fsp3) is 0.500. The van der Waals surface area contributed by atoms with Crippen LogP contribution in [0.3, 0.4) is 0 Å². The molecular weight excluding hydrogens is 176 g/mol. The van der Waals surface area contributed by atoms with Crippen LogP contribution in [0.5, 0.6) is 5.75 Å². The van der Waals surface area contributed by atoms with Gasteiger partial charge in [-0.25, -0.2) is 0 Å². The van der Waals surface area contributed by atoms with Crippen LogP contribution in [0.4, 0.5) is 0 Å². The Labute approximate surface area is 85.8 Å². The molecule has 0 heterocycles. The Morgan fingerprint density at radius 2 is 1.86 bits per heavy atom. The van der Waals surface area contributed by atoms with Gasteiger partial charge in [0.15, 0.2) is 6.29 Å². The molecule has 1 aromatic rings. The number of benzene rings is 1. The van der Waals surface area contributed by atoms with Gasteiger partial charge in [0.25, 0.3) is 0 Å². The first-order chi connectivity index (χ1) is 6.86. The normalized spacial score (nSPS) is 12.4. The molecule has 0 saturated heterocycles. The molecule has 0 N–H and O–H groups in total. The van der Waals surface area contributed by atoms with Crippen molar-refractivity contribution in [1.82, 2.24) is 0 Å². The van der Waals surface area contributed by atoms with Crippen LogP contribution < -0.4 is 4.74 Å². The number of hydrogen-bond donors (Lipinski definition) is 0. The molecule has 0 aliphatic rings. The van der Waals surface area contributed by atoms with E-state index >= 15 is 0 Å². The molecule has 78 valence electrons. The lowest BCUT2D eigenvalue weighted by Crippen LogP contribution is -2.20. The van der Waals surface area contributed by atoms with Crippen LogP contribution in [-0.2, 0) is 4.74 Å². The maximum Gasteiger partial charge on any atom is 0.199 e. The van der Waals surface area contributed by atoms with Crippen LogP contribution >= 0.6 is 0 Å². The lowest BCUT2D eigenvalue weighted by atomic mass is 10.3. The first kappa shape index (κ1) is 11.1. The van der Waals surface area contributed by atoms with Crippen molar-refractivity contribution in [1.29, 1.82) is 0 Å². The Kier molecular flexibility index (Phi) is 5.08. The van der Waals surface area contributed by atoms with Crippen LogP contribution in [0.1, 0.15) is 26.7 Å². The van der Waals surface area contributed by atoms with Gasteiger partial charge >= 0.3 is 0 Å². The minimum atomic E-state index is -0.104. The standard InChI is InChI=1S/C12H18O2/c1-3-8-12(13-4-2)14-11-9-6-5-7-10-11/h5-7,9-10,12H,3-4,8H2,1-2H3. The molecule has 0 saturated carbocycles. The van der Waals surface area contributed by atoms with E-state index in [0.29, 0.717) is 6.61 Å². The van der Waals surface area contributed by atoms with E-state index in [1.807, 2.05) is 37.3 Å². The predicted octanol–water partition coefficient (Wildman–Crippen LogP) is 3.23. The van der Waals surface area contributed by atoms with Crippen molar-refractivity contribution in [2.24, 2.45) is 0 Å². The van der Waals surface area contributed by atoms with Gasteiger partial charge in [-0.2, -0.15) is 0 Å². The van der Waals surface area contributed by atoms with E-state index in [9.17, 15) is 0 Å². The minimum absolute atomic E-state index is 0.104. The lowest BCUT2D eigenvalue weighted by molar-refractivity contribution is -0.0798. The molecule has 2 heteroatoms. The van der Waals surface area contributed by atoms with Gasteiger partial charge in [0.05, 0.1) is 0 Å². The monoisotopic (exact) mass is 194 g/mol. The quantitative estimate of drug-likeness (QED) is 0.647. The van der Waals surface area contributed by atoms with E-state index in [4.69, 9.17) is 9.47 Å². The summed E-state index contributed by atoms with van der Waals surface area (Å²) in [5, 5.41) is 0. The van der Waals surface area contributed by atoms with Crippen LogP contribution in [0.25, 0.3) is 0 Å². The number of rotatable bonds is 6. The van der Waals surface area contributed by atoms with Gasteiger partial charge in [0.2, 0.25) is 0 Å². The van der Waals surface area contributed by atoms with Gasteiger partial charge in [0, 0.05) is 13.0 Å². The van der Waals surface area contributed by atoms with Crippen molar-refractivity contribution < 1.29 is 9.47 Å². The van der Waals surface area contributed by atoms with Crippen molar-refractivity contribution in [2.75, 3.05) is 6.61 Å². The van der Waals surface area contributed by atoms with Crippen molar-refractivity contribution >= 4 is 0 Å². The smallest absolute Gasteiger partial charge is 0.199 e. The van der Waals surface area contributed by atoms with Crippen LogP contribution in [0, 0.1) is 0 Å². The Hall–Kier alpha value is -1.02. The summed E-state index contributed by atoms with van der Waals surface area (Å²) in [6, 6.07) is 9.79. The van der Waals surface area contributed by atoms with Gasteiger partial charge in [-0.3, -0.25) is 0 Å². The summed E-state index contributed by atoms with van der Waals surface area (Å²) in [5.41, 5.74) is 0. The third-order valence-electron chi connectivity index (χ3n) is 1.89. The summed E-state index contributed by atoms with van der Waals surface area (Å²) in [6.45, 7) is 4.80. The SMILES string of the molecule is CCCC(OCC)Oc1ccccc1. The summed E-state index contributed by atoms with van der Waals surface area (Å²) >= 11 is 0. The number of ether oxygens (including phenoxy) is 2. The fourth-order valence-electron chi connectivity index (χ4n) is 1.25. The summed E-state index contributed by atoms with van der Waals surface area (Å²) in [7, 11) is 0. The largest absolute Gasteiger partial charge is 0.465 e. The second-order valence-corrected chi connectivity index (χ2v) is 3.10. The summed E-state index contributed by atoms with van der Waals surface area (Å²) in [5.74, 6) is 0.874. The van der Waals surface area contributed by atoms with Gasteiger partial charge in [-0.1, -0.05) is 31.5 Å². The Morgan fingerprint density at radius 1 is 1.14 bits per heavy atom. The summed E-state index contributed by atoms with van der Waals surface area (Å²) in [4.78, 5) is 0. The van der Waals surface area contributed by atoms with E-state index in [0.717, 1.165) is 18.6 Å². The topological polar surface area (TPSA) is 18.5 Å². The first-order valence-electron chi connectivity index (χ1n) is 5.20. The van der Waals surface area contributed by atoms with Crippen LogP contribution in [0.2, 0.25) is 0 Å². The van der Waals surface area contributed by atoms with E-state index in [1.54, 1.807) is 0 Å². The second-order valence-electron chi connectivity index (χ2n) is 3.10. The highest BCUT2D eigenvalue weighted by atomic mass is 16.7. The molecular formula is C12H18O2. The van der Waals surface area contributed by atoms with E-state index in [1.165, 1.54) is 0 Å². The Balaban J connectivity index is 2.46. The Bertz CT molecular complexity index is 227. The molecule has 2 nitrogen and oxygen atoms in total. The molecule has 1 atom stereocenters. The van der Waals surface area contributed by atoms with Gasteiger partial charge in [-0.15, -0.1) is 0 Å². The maximum absolute atomic E-state index is 5.67. The van der Waals surface area contributed by atoms with Crippen molar-refractivity contribution in [3.8, 4) is 5.75 Å². The van der Waals surface area contributed by atoms with Gasteiger partial charge < -0.3 is 9.47 Å². The highest BCUT2D eigenvalue weighted by Gasteiger charge is 2.07. The minimum Gasteiger partial charge on any atom is -0.465 e. The molecule has 14 heavy (non-hydrogen) atoms. The number of hydrogen-bond acceptors (Lipinski definition) is 2. The first-order valence-corrected chi connectivity index (χ1v) is 5.20. The van der Waals surface area contributed by atoms with E-state index < -0.39 is 0 Å². The zero-order valence-corrected chi connectivity index (χ0v) is 8.90. The second kappa shape index (κ2) is 6.44. The number of para-hydroxylation sites is 1. The average Bonchev–Trinajstić information content (AvgIpc) is 2.20. The van der Waals surface area contributed by atoms with Crippen LogP contribution in [-0.4, -0.2) is 12.9 Å². The molecule has 0 radical (unpaired) electrons. The zero-order chi connectivity index (χ0) is 10.2.